The summed E-state index contributed by atoms with van der Waals surface area (Å²) in [4.78, 5) is 72.0. The second kappa shape index (κ2) is 59.0. The van der Waals surface area contributed by atoms with Crippen LogP contribution in [0.1, 0.15) is 329 Å². The van der Waals surface area contributed by atoms with E-state index < -0.39 is 97.5 Å². The number of esters is 4. The van der Waals surface area contributed by atoms with E-state index in [9.17, 15) is 43.2 Å². The van der Waals surface area contributed by atoms with Crippen LogP contribution in [0.5, 0.6) is 0 Å². The zero-order valence-electron chi connectivity index (χ0n) is 53.2. The maximum Gasteiger partial charge on any atom is 0.472 e. The van der Waals surface area contributed by atoms with E-state index in [-0.39, 0.29) is 25.7 Å². The summed E-state index contributed by atoms with van der Waals surface area (Å²) in [6.07, 6.45) is 44.6. The van der Waals surface area contributed by atoms with Crippen molar-refractivity contribution in [3.05, 3.63) is 0 Å². The summed E-state index contributed by atoms with van der Waals surface area (Å²) < 4.78 is 67.8. The van der Waals surface area contributed by atoms with Gasteiger partial charge >= 0.3 is 39.5 Å². The minimum absolute atomic E-state index is 0.104. The summed E-state index contributed by atoms with van der Waals surface area (Å²) >= 11 is 0. The third kappa shape index (κ3) is 58.8. The van der Waals surface area contributed by atoms with Crippen LogP contribution in [0.3, 0.4) is 0 Å². The van der Waals surface area contributed by atoms with Crippen LogP contribution < -0.4 is 0 Å². The Hall–Kier alpha value is -1.94. The van der Waals surface area contributed by atoms with E-state index in [1.165, 1.54) is 135 Å². The number of aliphatic hydroxyl groups is 1. The van der Waals surface area contributed by atoms with Crippen molar-refractivity contribution in [3.8, 4) is 0 Å². The Bertz CT molecular complexity index is 1600. The molecule has 83 heavy (non-hydrogen) atoms. The first-order chi connectivity index (χ1) is 40.2. The molecule has 0 aromatic heterocycles. The van der Waals surface area contributed by atoms with Crippen LogP contribution in [0.15, 0.2) is 0 Å². The lowest BCUT2D eigenvalue weighted by atomic mass is 10.0. The van der Waals surface area contributed by atoms with Crippen LogP contribution in [0, 0.1) is 0 Å². The van der Waals surface area contributed by atoms with Gasteiger partial charge < -0.3 is 33.8 Å². The smallest absolute Gasteiger partial charge is 0.462 e. The van der Waals surface area contributed by atoms with Crippen LogP contribution in [0.2, 0.25) is 0 Å². The molecule has 3 N–H and O–H groups in total. The molecule has 0 aliphatic carbocycles. The predicted octanol–water partition coefficient (Wildman–Crippen LogP) is 17.9. The molecule has 0 amide bonds. The fourth-order valence-corrected chi connectivity index (χ4v) is 11.2. The van der Waals surface area contributed by atoms with E-state index in [1.54, 1.807) is 0 Å². The second-order valence-electron chi connectivity index (χ2n) is 23.2. The minimum atomic E-state index is -4.94. The molecule has 5 atom stereocenters. The highest BCUT2D eigenvalue weighted by atomic mass is 31.2. The number of carbonyl (C=O) groups excluding carboxylic acids is 4. The molecule has 2 unspecified atom stereocenters. The van der Waals surface area contributed by atoms with E-state index >= 15 is 0 Å². The van der Waals surface area contributed by atoms with Gasteiger partial charge in [0, 0.05) is 25.7 Å². The first-order valence-electron chi connectivity index (χ1n) is 33.8. The van der Waals surface area contributed by atoms with Crippen LogP contribution in [0.25, 0.3) is 0 Å². The summed E-state index contributed by atoms with van der Waals surface area (Å²) in [6.45, 7) is 4.82. The number of unbranched alkanes of at least 4 members (excludes halogenated alkanes) is 39. The molecular formula is C64H124O17P2. The first kappa shape index (κ1) is 81.1. The van der Waals surface area contributed by atoms with E-state index in [2.05, 4.69) is 27.7 Å². The Balaban J connectivity index is 5.17. The summed E-state index contributed by atoms with van der Waals surface area (Å²) in [5.41, 5.74) is 0. The van der Waals surface area contributed by atoms with Crippen molar-refractivity contribution < 1.29 is 80.2 Å². The topological polar surface area (TPSA) is 237 Å². The van der Waals surface area contributed by atoms with E-state index in [0.29, 0.717) is 25.7 Å². The highest BCUT2D eigenvalue weighted by Crippen LogP contribution is 2.45. The van der Waals surface area contributed by atoms with E-state index in [4.69, 9.17) is 37.0 Å². The zero-order valence-corrected chi connectivity index (χ0v) is 54.9. The summed E-state index contributed by atoms with van der Waals surface area (Å²) in [5, 5.41) is 10.5. The van der Waals surface area contributed by atoms with Gasteiger partial charge in [-0.05, 0) is 25.7 Å². The molecule has 0 saturated heterocycles. The Morgan fingerprint density at radius 1 is 0.289 bits per heavy atom. The molecule has 0 aliphatic rings. The van der Waals surface area contributed by atoms with E-state index in [1.807, 2.05) is 0 Å². The van der Waals surface area contributed by atoms with Gasteiger partial charge in [-0.2, -0.15) is 0 Å². The van der Waals surface area contributed by atoms with Crippen molar-refractivity contribution in [2.24, 2.45) is 0 Å². The predicted molar refractivity (Wildman–Crippen MR) is 331 cm³/mol. The molecule has 0 fully saturated rings. The van der Waals surface area contributed by atoms with Gasteiger partial charge in [-0.1, -0.05) is 278 Å². The van der Waals surface area contributed by atoms with Crippen LogP contribution in [-0.4, -0.2) is 96.7 Å². The molecule has 492 valence electrons. The number of hydrogen-bond donors (Lipinski definition) is 3. The molecule has 0 radical (unpaired) electrons. The fraction of sp³-hybridized carbons (Fsp3) is 0.938. The molecule has 0 bridgehead atoms. The van der Waals surface area contributed by atoms with Crippen LogP contribution >= 0.6 is 15.6 Å². The summed E-state index contributed by atoms with van der Waals surface area (Å²) in [7, 11) is -9.87. The number of aliphatic hydroxyl groups excluding tert-OH is 1. The van der Waals surface area contributed by atoms with Gasteiger partial charge in [0.15, 0.2) is 12.2 Å². The molecule has 19 heteroatoms. The lowest BCUT2D eigenvalue weighted by Gasteiger charge is -2.21. The van der Waals surface area contributed by atoms with Crippen molar-refractivity contribution in [1.82, 2.24) is 0 Å². The standard InChI is InChI=1S/C64H124O17P2/c1-5-9-13-17-21-23-25-27-29-31-33-35-39-43-47-51-64(69)81-60(55-75-62(67)49-45-41-38-34-32-30-28-26-24-22-18-14-10-6-2)57-79-83(72,73)77-53-58(65)52-76-82(70,71)78-56-59(80-63(68)50-46-42-37-20-16-12-8-4)54-74-61(66)48-44-40-36-19-15-11-7-3/h58-60,65H,5-57H2,1-4H3,(H,70,71)(H,72,73)/t58-,59+,60+/m0/s1. The average Bonchev–Trinajstić information content (AvgIpc) is 3.46. The molecule has 17 nitrogen and oxygen atoms in total. The molecule has 0 aromatic carbocycles. The minimum Gasteiger partial charge on any atom is -0.462 e. The van der Waals surface area contributed by atoms with Gasteiger partial charge in [-0.15, -0.1) is 0 Å². The highest BCUT2D eigenvalue weighted by molar-refractivity contribution is 7.47. The highest BCUT2D eigenvalue weighted by Gasteiger charge is 2.30. The maximum atomic E-state index is 13.0. The zero-order chi connectivity index (χ0) is 61.2. The third-order valence-corrected chi connectivity index (χ3v) is 16.8. The van der Waals surface area contributed by atoms with Gasteiger partial charge in [-0.3, -0.25) is 37.3 Å². The Morgan fingerprint density at radius 3 is 0.711 bits per heavy atom. The molecule has 0 aliphatic heterocycles. The lowest BCUT2D eigenvalue weighted by molar-refractivity contribution is -0.161. The van der Waals surface area contributed by atoms with Crippen molar-refractivity contribution in [3.63, 3.8) is 0 Å². The first-order valence-corrected chi connectivity index (χ1v) is 36.8. The quantitative estimate of drug-likeness (QED) is 0.0222. The lowest BCUT2D eigenvalue weighted by Crippen LogP contribution is -2.30. The van der Waals surface area contributed by atoms with Gasteiger partial charge in [0.05, 0.1) is 26.4 Å². The number of ether oxygens (including phenoxy) is 4. The van der Waals surface area contributed by atoms with Crippen molar-refractivity contribution in [1.29, 1.82) is 0 Å². The molecule has 0 heterocycles. The number of phosphoric ester groups is 2. The summed E-state index contributed by atoms with van der Waals surface area (Å²) in [5.74, 6) is -2.14. The number of carbonyl (C=O) groups is 4. The SMILES string of the molecule is CCCCCCCCCCCCCCCCCC(=O)O[C@H](COC(=O)CCCCCCCCCCCCCCCC)COP(=O)(O)OC[C@@H](O)COP(=O)(O)OC[C@@H](COC(=O)CCCCCCCCC)OC(=O)CCCCCCCCC. The number of phosphoric acid groups is 2. The molecule has 0 spiro atoms. The number of hydrogen-bond acceptors (Lipinski definition) is 15. The van der Waals surface area contributed by atoms with Crippen molar-refractivity contribution in [2.75, 3.05) is 39.6 Å². The molecule has 0 saturated carbocycles. The normalized spacial score (nSPS) is 14.2. The van der Waals surface area contributed by atoms with Crippen LogP contribution in [-0.2, 0) is 65.4 Å². The summed E-state index contributed by atoms with van der Waals surface area (Å²) in [6, 6.07) is 0. The molecular weight excluding hydrogens is 1100 g/mol. The second-order valence-corrected chi connectivity index (χ2v) is 26.1. The van der Waals surface area contributed by atoms with Crippen LogP contribution in [0.4, 0.5) is 0 Å². The molecule has 0 aromatic rings. The van der Waals surface area contributed by atoms with Crippen molar-refractivity contribution >= 4 is 39.5 Å². The van der Waals surface area contributed by atoms with Gasteiger partial charge in [0.1, 0.15) is 19.3 Å². The Morgan fingerprint density at radius 2 is 0.482 bits per heavy atom. The third-order valence-electron chi connectivity index (χ3n) is 14.9. The van der Waals surface area contributed by atoms with Gasteiger partial charge in [-0.25, -0.2) is 9.13 Å². The molecule has 0 rings (SSSR count). The van der Waals surface area contributed by atoms with Gasteiger partial charge in [0.2, 0.25) is 0 Å². The Labute approximate surface area is 505 Å². The largest absolute Gasteiger partial charge is 0.472 e. The Kier molecular flexibility index (Phi) is 57.7. The monoisotopic (exact) mass is 1230 g/mol. The van der Waals surface area contributed by atoms with E-state index in [0.717, 1.165) is 116 Å². The average molecular weight is 1230 g/mol. The fourth-order valence-electron chi connectivity index (χ4n) is 9.63. The van der Waals surface area contributed by atoms with Gasteiger partial charge in [0.25, 0.3) is 0 Å². The maximum absolute atomic E-state index is 13.0. The van der Waals surface area contributed by atoms with Crippen molar-refractivity contribution in [2.45, 2.75) is 348 Å². The number of rotatable bonds is 65.